The van der Waals surface area contributed by atoms with E-state index in [0.717, 1.165) is 67.2 Å². The van der Waals surface area contributed by atoms with Crippen molar-refractivity contribution in [2.24, 2.45) is 0 Å². The van der Waals surface area contributed by atoms with Crippen LogP contribution in [-0.2, 0) is 0 Å². The Balaban J connectivity index is 0.910. The maximum absolute atomic E-state index is 7.34. The Morgan fingerprint density at radius 1 is 0.259 bits per heavy atom. The van der Waals surface area contributed by atoms with Crippen molar-refractivity contribution in [3.63, 3.8) is 0 Å². The van der Waals surface area contributed by atoms with Gasteiger partial charge in [0.1, 0.15) is 11.2 Å². The smallest absolute Gasteiger partial charge is 0.159 e. The summed E-state index contributed by atoms with van der Waals surface area (Å²) in [7, 11) is 0. The highest BCUT2D eigenvalue weighted by atomic mass is 16.3. The molecule has 2 heterocycles. The minimum Gasteiger partial charge on any atom is -0.454 e. The number of anilines is 6. The second-order valence-electron chi connectivity index (χ2n) is 23.1. The minimum atomic E-state index is 0.500. The molecule has 0 spiro atoms. The summed E-state index contributed by atoms with van der Waals surface area (Å²) in [4.78, 5) is 4.92. The predicted octanol–water partition coefficient (Wildman–Crippen LogP) is 23.1. The second-order valence-corrected chi connectivity index (χ2v) is 23.1. The number of hydrogen-bond acceptors (Lipinski definition) is 4. The molecule has 4 heteroatoms. The Morgan fingerprint density at radius 3 is 1.04 bits per heavy atom. The molecule has 0 bridgehead atoms. The van der Waals surface area contributed by atoms with Gasteiger partial charge in [0.15, 0.2) is 11.2 Å². The van der Waals surface area contributed by atoms with Crippen molar-refractivity contribution in [2.75, 3.05) is 9.80 Å². The number of benzene rings is 12. The van der Waals surface area contributed by atoms with Crippen molar-refractivity contribution in [3.8, 4) is 22.3 Å². The molecule has 2 aliphatic carbocycles. The summed E-state index contributed by atoms with van der Waals surface area (Å²) >= 11 is 0. The fourth-order valence-corrected chi connectivity index (χ4v) is 14.5. The Kier molecular flexibility index (Phi) is 11.8. The van der Waals surface area contributed by atoms with E-state index in [1.54, 1.807) is 0 Å². The maximum Gasteiger partial charge on any atom is 0.159 e. The molecule has 0 radical (unpaired) electrons. The summed E-state index contributed by atoms with van der Waals surface area (Å²) in [6, 6.07) is 85.4. The van der Waals surface area contributed by atoms with Crippen LogP contribution in [0.2, 0.25) is 0 Å². The second kappa shape index (κ2) is 19.9. The third kappa shape index (κ3) is 8.09. The third-order valence-electron chi connectivity index (χ3n) is 18.5. The molecular weight excluding hydrogens is 985 g/mol. The molecule has 14 aromatic rings. The fraction of sp³-hybridized carbons (Fsp3) is 0.169. The molecule has 0 aliphatic heterocycles. The third-order valence-corrected chi connectivity index (χ3v) is 18.5. The summed E-state index contributed by atoms with van der Waals surface area (Å²) in [5.41, 5.74) is 17.7. The van der Waals surface area contributed by atoms with E-state index >= 15 is 0 Å². The first-order valence-corrected chi connectivity index (χ1v) is 29.7. The molecule has 0 N–H and O–H groups in total. The van der Waals surface area contributed by atoms with E-state index in [-0.39, 0.29) is 0 Å². The normalized spacial score (nSPS) is 14.8. The summed E-state index contributed by atoms with van der Waals surface area (Å²) in [5.74, 6) is 1.01. The zero-order chi connectivity index (χ0) is 53.4. The number of rotatable bonds is 10. The molecule has 4 nitrogen and oxygen atoms in total. The van der Waals surface area contributed by atoms with E-state index in [2.05, 4.69) is 240 Å². The van der Waals surface area contributed by atoms with E-state index in [4.69, 9.17) is 8.83 Å². The van der Waals surface area contributed by atoms with Crippen molar-refractivity contribution >= 4 is 110 Å². The van der Waals surface area contributed by atoms with Crippen LogP contribution in [-0.4, -0.2) is 0 Å². The average Bonchev–Trinajstić information content (AvgIpc) is 4.18. The molecule has 0 amide bonds. The molecule has 0 unspecified atom stereocenters. The molecule has 2 saturated carbocycles. The van der Waals surface area contributed by atoms with Gasteiger partial charge in [-0.15, -0.1) is 0 Å². The van der Waals surface area contributed by atoms with Gasteiger partial charge < -0.3 is 18.6 Å². The summed E-state index contributed by atoms with van der Waals surface area (Å²) in [6.45, 7) is 0. The van der Waals surface area contributed by atoms with Gasteiger partial charge in [-0.05, 0) is 141 Å². The van der Waals surface area contributed by atoms with Gasteiger partial charge in [-0.1, -0.05) is 227 Å². The van der Waals surface area contributed by atoms with Crippen molar-refractivity contribution < 1.29 is 8.83 Å². The van der Waals surface area contributed by atoms with Gasteiger partial charge in [-0.25, -0.2) is 0 Å². The Labute approximate surface area is 472 Å². The van der Waals surface area contributed by atoms with Gasteiger partial charge in [0.25, 0.3) is 0 Å². The maximum atomic E-state index is 7.34. The minimum absolute atomic E-state index is 0.500. The number of furan rings is 2. The Bertz CT molecular complexity index is 4620. The Morgan fingerprint density at radius 2 is 0.617 bits per heavy atom. The number of nitrogens with zero attached hydrogens (tertiary/aromatic N) is 2. The summed E-state index contributed by atoms with van der Waals surface area (Å²) in [6.07, 6.45) is 13.9. The zero-order valence-corrected chi connectivity index (χ0v) is 45.6. The lowest BCUT2D eigenvalue weighted by Gasteiger charge is -2.29. The highest BCUT2D eigenvalue weighted by molar-refractivity contribution is 6.29. The summed E-state index contributed by atoms with van der Waals surface area (Å²) < 4.78 is 14.6. The highest BCUT2D eigenvalue weighted by Gasteiger charge is 2.28. The summed E-state index contributed by atoms with van der Waals surface area (Å²) in [5, 5.41) is 11.9. The van der Waals surface area contributed by atoms with Gasteiger partial charge in [0.2, 0.25) is 0 Å². The molecule has 392 valence electrons. The fourth-order valence-electron chi connectivity index (χ4n) is 14.5. The van der Waals surface area contributed by atoms with E-state index in [1.807, 2.05) is 0 Å². The van der Waals surface area contributed by atoms with Crippen LogP contribution >= 0.6 is 0 Å². The van der Waals surface area contributed by atoms with Crippen LogP contribution in [0, 0.1) is 0 Å². The lowest BCUT2D eigenvalue weighted by atomic mass is 9.83. The van der Waals surface area contributed by atoms with Crippen molar-refractivity contribution in [3.05, 3.63) is 242 Å². The largest absolute Gasteiger partial charge is 0.454 e. The van der Waals surface area contributed by atoms with Gasteiger partial charge >= 0.3 is 0 Å². The quantitative estimate of drug-likeness (QED) is 0.101. The topological polar surface area (TPSA) is 32.8 Å². The van der Waals surface area contributed by atoms with Crippen molar-refractivity contribution in [1.29, 1.82) is 0 Å². The molecule has 81 heavy (non-hydrogen) atoms. The van der Waals surface area contributed by atoms with Crippen LogP contribution in [0.3, 0.4) is 0 Å². The molecule has 16 rings (SSSR count). The monoisotopic (exact) mass is 1050 g/mol. The molecule has 2 fully saturated rings. The predicted molar refractivity (Wildman–Crippen MR) is 341 cm³/mol. The molecule has 2 aliphatic rings. The van der Waals surface area contributed by atoms with Gasteiger partial charge in [0, 0.05) is 43.7 Å². The van der Waals surface area contributed by atoms with Crippen LogP contribution in [0.1, 0.15) is 93.6 Å². The molecule has 0 atom stereocenters. The van der Waals surface area contributed by atoms with Crippen LogP contribution in [0.25, 0.3) is 98.4 Å². The Hall–Kier alpha value is -9.12. The van der Waals surface area contributed by atoms with Gasteiger partial charge in [0.05, 0.1) is 22.7 Å². The number of fused-ring (bicyclic) bond motifs is 6. The molecule has 0 saturated heterocycles. The van der Waals surface area contributed by atoms with Crippen LogP contribution in [0.4, 0.5) is 34.1 Å². The van der Waals surface area contributed by atoms with Gasteiger partial charge in [-0.2, -0.15) is 0 Å². The van der Waals surface area contributed by atoms with Crippen LogP contribution in [0.15, 0.2) is 239 Å². The number of hydrogen-bond donors (Lipinski definition) is 0. The first-order valence-electron chi connectivity index (χ1n) is 29.7. The van der Waals surface area contributed by atoms with E-state index in [1.165, 1.54) is 147 Å². The zero-order valence-electron chi connectivity index (χ0n) is 45.6. The average molecular weight is 1050 g/mol. The van der Waals surface area contributed by atoms with Crippen molar-refractivity contribution in [2.45, 2.75) is 82.5 Å². The standard InChI is InChI=1S/C77H62N2O2/c1-2-7-23-54(22-6-1)60-26-14-28-62-64-30-16-32-70(76(64)80-74(60)62)78(58-42-34-52(35-43-58)50-18-8-3-9-19-50)68-48-40-56-39-47-67-69(49-41-57-38-46-66(68)72(56)73(57)67)79(59-44-36-53(37-45-59)51-20-10-4-11-21-51)71-33-17-31-65-63-29-15-27-61(75(63)81-77(65)71)55-24-12-5-13-25-55/h3-4,8-11,14-21,26-49,54-55H,1-2,5-7,12-13,22-25H2. The van der Waals surface area contributed by atoms with Gasteiger partial charge in [-0.3, -0.25) is 0 Å². The molecular formula is C77H62N2O2. The lowest BCUT2D eigenvalue weighted by molar-refractivity contribution is 0.442. The van der Waals surface area contributed by atoms with Crippen LogP contribution in [0.5, 0.6) is 0 Å². The molecule has 2 aromatic heterocycles. The van der Waals surface area contributed by atoms with Crippen LogP contribution < -0.4 is 9.80 Å². The number of para-hydroxylation sites is 4. The van der Waals surface area contributed by atoms with E-state index < -0.39 is 0 Å². The van der Waals surface area contributed by atoms with E-state index in [0.29, 0.717) is 11.8 Å². The first kappa shape index (κ1) is 47.8. The SMILES string of the molecule is c1ccc(-c2ccc(N(c3ccc4ccc5c(N(c6ccc(-c7ccccc7)cc6)c6cccc7c6oc6c(C8CCCCC8)cccc67)ccc6ccc3c4c65)c3cccc4c3oc3c(C5CCCCCC5)cccc34)cc2)cc1. The lowest BCUT2D eigenvalue weighted by Crippen LogP contribution is -2.12. The molecule has 12 aromatic carbocycles. The van der Waals surface area contributed by atoms with Crippen molar-refractivity contribution in [1.82, 2.24) is 0 Å². The van der Waals surface area contributed by atoms with E-state index in [9.17, 15) is 0 Å². The highest BCUT2D eigenvalue weighted by Crippen LogP contribution is 2.52. The first-order chi connectivity index (χ1) is 40.2.